The minimum absolute atomic E-state index is 0.231. The lowest BCUT2D eigenvalue weighted by molar-refractivity contribution is 0.102. The minimum atomic E-state index is -0.231. The Balaban J connectivity index is 1.81. The number of hydrogen-bond donors (Lipinski definition) is 1. The number of nitrogens with zero attached hydrogens (tertiary/aromatic N) is 2. The summed E-state index contributed by atoms with van der Waals surface area (Å²) in [6, 6.07) is 19.3. The van der Waals surface area contributed by atoms with E-state index in [-0.39, 0.29) is 5.91 Å². The number of para-hydroxylation sites is 1. The van der Waals surface area contributed by atoms with E-state index in [1.807, 2.05) is 73.5 Å². The number of carbonyl (C=O) groups excluding carboxylic acids is 1. The number of amides is 1. The Kier molecular flexibility index (Phi) is 5.14. The topological polar surface area (TPSA) is 45.2 Å². The average Bonchev–Trinajstić information content (AvgIpc) is 2.65. The second-order valence-electron chi connectivity index (χ2n) is 5.71. The second kappa shape index (κ2) is 7.49. The number of rotatable bonds is 4. The number of anilines is 3. The molecule has 1 heterocycles. The predicted octanol–water partition coefficient (Wildman–Crippen LogP) is 5.17. The van der Waals surface area contributed by atoms with Crippen LogP contribution in [0.1, 0.15) is 16.1 Å². The molecule has 0 fully saturated rings. The standard InChI is InChI=1S/C20H18BrN3O/c1-14-12-15(8-9-18(14)21)23-20(25)19-13-17(10-11-22-19)24(2)16-6-4-3-5-7-16/h3-13H,1-2H3,(H,23,25). The highest BCUT2D eigenvalue weighted by atomic mass is 79.9. The summed E-state index contributed by atoms with van der Waals surface area (Å²) in [5, 5.41) is 2.89. The number of aryl methyl sites for hydroxylation is 1. The van der Waals surface area contributed by atoms with Crippen LogP contribution in [-0.2, 0) is 0 Å². The Morgan fingerprint density at radius 3 is 2.52 bits per heavy atom. The van der Waals surface area contributed by atoms with E-state index in [1.54, 1.807) is 12.3 Å². The van der Waals surface area contributed by atoms with Gasteiger partial charge >= 0.3 is 0 Å². The summed E-state index contributed by atoms with van der Waals surface area (Å²) in [4.78, 5) is 18.7. The van der Waals surface area contributed by atoms with Crippen LogP contribution in [0, 0.1) is 6.92 Å². The Bertz CT molecular complexity index is 896. The first-order valence-corrected chi connectivity index (χ1v) is 8.66. The van der Waals surface area contributed by atoms with Gasteiger partial charge in [0, 0.05) is 34.8 Å². The summed E-state index contributed by atoms with van der Waals surface area (Å²) in [5.74, 6) is -0.231. The van der Waals surface area contributed by atoms with Crippen molar-refractivity contribution in [3.05, 3.63) is 82.6 Å². The fourth-order valence-corrected chi connectivity index (χ4v) is 2.72. The van der Waals surface area contributed by atoms with Crippen LogP contribution >= 0.6 is 15.9 Å². The Hall–Kier alpha value is -2.66. The maximum atomic E-state index is 12.5. The van der Waals surface area contributed by atoms with Gasteiger partial charge in [-0.05, 0) is 55.0 Å². The lowest BCUT2D eigenvalue weighted by Gasteiger charge is -2.19. The number of benzene rings is 2. The zero-order valence-corrected chi connectivity index (χ0v) is 15.6. The Labute approximate surface area is 155 Å². The SMILES string of the molecule is Cc1cc(NC(=O)c2cc(N(C)c3ccccc3)ccn2)ccc1Br. The monoisotopic (exact) mass is 395 g/mol. The van der Waals surface area contributed by atoms with Gasteiger partial charge in [-0.15, -0.1) is 0 Å². The normalized spacial score (nSPS) is 10.4. The van der Waals surface area contributed by atoms with Gasteiger partial charge in [0.1, 0.15) is 5.69 Å². The minimum Gasteiger partial charge on any atom is -0.345 e. The number of nitrogens with one attached hydrogen (secondary N) is 1. The van der Waals surface area contributed by atoms with Crippen molar-refractivity contribution in [1.82, 2.24) is 4.98 Å². The first-order chi connectivity index (χ1) is 12.0. The highest BCUT2D eigenvalue weighted by Crippen LogP contribution is 2.24. The van der Waals surface area contributed by atoms with Gasteiger partial charge in [0.25, 0.3) is 5.91 Å². The first-order valence-electron chi connectivity index (χ1n) is 7.87. The molecule has 1 aromatic heterocycles. The largest absolute Gasteiger partial charge is 0.345 e. The molecule has 0 saturated heterocycles. The highest BCUT2D eigenvalue weighted by molar-refractivity contribution is 9.10. The van der Waals surface area contributed by atoms with Gasteiger partial charge in [-0.2, -0.15) is 0 Å². The third kappa shape index (κ3) is 4.06. The Morgan fingerprint density at radius 1 is 1.04 bits per heavy atom. The summed E-state index contributed by atoms with van der Waals surface area (Å²) < 4.78 is 1.01. The van der Waals surface area contributed by atoms with Crippen molar-refractivity contribution >= 4 is 38.9 Å². The van der Waals surface area contributed by atoms with Crippen molar-refractivity contribution in [2.45, 2.75) is 6.92 Å². The predicted molar refractivity (Wildman–Crippen MR) is 106 cm³/mol. The van der Waals surface area contributed by atoms with E-state index >= 15 is 0 Å². The van der Waals surface area contributed by atoms with Crippen molar-refractivity contribution in [2.24, 2.45) is 0 Å². The van der Waals surface area contributed by atoms with Crippen LogP contribution in [0.4, 0.5) is 17.1 Å². The van der Waals surface area contributed by atoms with Gasteiger partial charge in [0.2, 0.25) is 0 Å². The fraction of sp³-hybridized carbons (Fsp3) is 0.100. The van der Waals surface area contributed by atoms with Gasteiger partial charge < -0.3 is 10.2 Å². The molecule has 126 valence electrons. The molecule has 0 bridgehead atoms. The van der Waals surface area contributed by atoms with Crippen molar-refractivity contribution < 1.29 is 4.79 Å². The number of pyridine rings is 1. The molecule has 2 aromatic carbocycles. The highest BCUT2D eigenvalue weighted by Gasteiger charge is 2.11. The average molecular weight is 396 g/mol. The zero-order chi connectivity index (χ0) is 17.8. The molecular formula is C20H18BrN3O. The van der Waals surface area contributed by atoms with E-state index < -0.39 is 0 Å². The number of carbonyl (C=O) groups is 1. The van der Waals surface area contributed by atoms with Crippen LogP contribution in [0.3, 0.4) is 0 Å². The molecule has 0 aliphatic carbocycles. The van der Waals surface area contributed by atoms with Crippen LogP contribution in [0.25, 0.3) is 0 Å². The number of hydrogen-bond acceptors (Lipinski definition) is 3. The second-order valence-corrected chi connectivity index (χ2v) is 6.57. The molecule has 1 amide bonds. The third-order valence-corrected chi connectivity index (χ3v) is 4.81. The van der Waals surface area contributed by atoms with E-state index in [2.05, 4.69) is 26.2 Å². The summed E-state index contributed by atoms with van der Waals surface area (Å²) in [5.41, 5.74) is 4.13. The van der Waals surface area contributed by atoms with Crippen LogP contribution in [0.2, 0.25) is 0 Å². The summed E-state index contributed by atoms with van der Waals surface area (Å²) in [6.45, 7) is 1.98. The first kappa shape index (κ1) is 17.2. The molecule has 25 heavy (non-hydrogen) atoms. The van der Waals surface area contributed by atoms with Gasteiger partial charge in [-0.1, -0.05) is 34.1 Å². The van der Waals surface area contributed by atoms with E-state index in [9.17, 15) is 4.79 Å². The molecule has 0 radical (unpaired) electrons. The number of halogens is 1. The summed E-state index contributed by atoms with van der Waals surface area (Å²) >= 11 is 3.46. The molecule has 0 spiro atoms. The van der Waals surface area contributed by atoms with Crippen LogP contribution in [0.5, 0.6) is 0 Å². The molecule has 0 unspecified atom stereocenters. The third-order valence-electron chi connectivity index (χ3n) is 3.92. The van der Waals surface area contributed by atoms with E-state index in [1.165, 1.54) is 0 Å². The lowest BCUT2D eigenvalue weighted by atomic mass is 10.2. The van der Waals surface area contributed by atoms with Gasteiger partial charge in [0.05, 0.1) is 0 Å². The molecule has 0 aliphatic rings. The molecule has 0 atom stereocenters. The molecule has 3 aromatic rings. The lowest BCUT2D eigenvalue weighted by Crippen LogP contribution is -2.15. The summed E-state index contributed by atoms with van der Waals surface area (Å²) in [6.07, 6.45) is 1.65. The van der Waals surface area contributed by atoms with Crippen LogP contribution in [-0.4, -0.2) is 17.9 Å². The van der Waals surface area contributed by atoms with Gasteiger partial charge in [-0.3, -0.25) is 9.78 Å². The molecule has 0 aliphatic heterocycles. The van der Waals surface area contributed by atoms with Crippen molar-refractivity contribution in [2.75, 3.05) is 17.3 Å². The van der Waals surface area contributed by atoms with Crippen LogP contribution in [0.15, 0.2) is 71.3 Å². The maximum Gasteiger partial charge on any atom is 0.274 e. The molecule has 4 nitrogen and oxygen atoms in total. The molecule has 1 N–H and O–H groups in total. The zero-order valence-electron chi connectivity index (χ0n) is 14.0. The molecular weight excluding hydrogens is 378 g/mol. The summed E-state index contributed by atoms with van der Waals surface area (Å²) in [7, 11) is 1.96. The van der Waals surface area contributed by atoms with Gasteiger partial charge in [0.15, 0.2) is 0 Å². The Morgan fingerprint density at radius 2 is 1.80 bits per heavy atom. The van der Waals surface area contributed by atoms with Crippen molar-refractivity contribution in [1.29, 1.82) is 0 Å². The fourth-order valence-electron chi connectivity index (χ4n) is 2.47. The van der Waals surface area contributed by atoms with Crippen molar-refractivity contribution in [3.8, 4) is 0 Å². The quantitative estimate of drug-likeness (QED) is 0.662. The van der Waals surface area contributed by atoms with E-state index in [0.717, 1.165) is 27.1 Å². The van der Waals surface area contributed by atoms with Crippen LogP contribution < -0.4 is 10.2 Å². The van der Waals surface area contributed by atoms with E-state index in [0.29, 0.717) is 5.69 Å². The molecule has 3 rings (SSSR count). The molecule has 5 heteroatoms. The smallest absolute Gasteiger partial charge is 0.274 e. The van der Waals surface area contributed by atoms with E-state index in [4.69, 9.17) is 0 Å². The van der Waals surface area contributed by atoms with Crippen molar-refractivity contribution in [3.63, 3.8) is 0 Å². The molecule has 0 saturated carbocycles. The number of aromatic nitrogens is 1. The van der Waals surface area contributed by atoms with Gasteiger partial charge in [-0.25, -0.2) is 0 Å². The maximum absolute atomic E-state index is 12.5.